The van der Waals surface area contributed by atoms with Gasteiger partial charge in [-0.3, -0.25) is 0 Å². The monoisotopic (exact) mass is 129 g/mol. The summed E-state index contributed by atoms with van der Waals surface area (Å²) in [6.07, 6.45) is 0. The Kier molecular flexibility index (Phi) is 1.48. The van der Waals surface area contributed by atoms with Gasteiger partial charge in [-0.2, -0.15) is 0 Å². The van der Waals surface area contributed by atoms with Crippen LogP contribution in [0.25, 0.3) is 0 Å². The third-order valence-electron chi connectivity index (χ3n) is 0.833. The normalized spacial score (nSPS) is 21.1. The van der Waals surface area contributed by atoms with E-state index in [4.69, 9.17) is 0 Å². The minimum Gasteiger partial charge on any atom is -0.348 e. The van der Waals surface area contributed by atoms with Gasteiger partial charge in [-0.1, -0.05) is 0 Å². The largest absolute Gasteiger partial charge is 0.348 e. The van der Waals surface area contributed by atoms with Crippen molar-refractivity contribution in [2.24, 2.45) is 5.10 Å². The highest BCUT2D eigenvalue weighted by Crippen LogP contribution is 1.79. The van der Waals surface area contributed by atoms with Crippen molar-refractivity contribution in [3.8, 4) is 0 Å². The molecule has 1 radical (unpaired) electrons. The topological polar surface area (TPSA) is 81.6 Å². The zero-order valence-corrected chi connectivity index (χ0v) is 4.57. The molecular formula is C3H5N4O2. The molecule has 1 saturated heterocycles. The van der Waals surface area contributed by atoms with E-state index in [0.717, 1.165) is 0 Å². The van der Waals surface area contributed by atoms with E-state index in [1.54, 1.807) is 0 Å². The number of nitrogens with zero attached hydrogens (tertiary/aromatic N) is 3. The average Bonchev–Trinajstić information content (AvgIpc) is 2.15. The molecule has 0 aromatic carbocycles. The van der Waals surface area contributed by atoms with Crippen LogP contribution in [0.4, 0.5) is 0 Å². The second-order valence-electron chi connectivity index (χ2n) is 1.47. The first kappa shape index (κ1) is 5.80. The molecule has 0 bridgehead atoms. The second kappa shape index (κ2) is 2.29. The lowest BCUT2D eigenvalue weighted by Crippen LogP contribution is -2.20. The Morgan fingerprint density at radius 2 is 2.67 bits per heavy atom. The first-order valence-corrected chi connectivity index (χ1v) is 2.43. The summed E-state index contributed by atoms with van der Waals surface area (Å²) in [5, 5.41) is 18.1. The van der Waals surface area contributed by atoms with Crippen molar-refractivity contribution in [1.82, 2.24) is 10.6 Å². The summed E-state index contributed by atoms with van der Waals surface area (Å²) in [5.41, 5.74) is 0. The molecule has 0 spiro atoms. The smallest absolute Gasteiger partial charge is 0.290 e. The molecule has 1 heterocycles. The maximum Gasteiger partial charge on any atom is 0.290 e. The Balaban J connectivity index is 2.49. The van der Waals surface area contributed by atoms with Crippen molar-refractivity contribution in [1.29, 1.82) is 0 Å². The Morgan fingerprint density at radius 3 is 3.11 bits per heavy atom. The maximum absolute atomic E-state index is 9.67. The molecule has 49 valence electrons. The van der Waals surface area contributed by atoms with Crippen LogP contribution >= 0.6 is 0 Å². The molecule has 1 aliphatic heterocycles. The van der Waals surface area contributed by atoms with Crippen LogP contribution < -0.4 is 10.6 Å². The zero-order valence-electron chi connectivity index (χ0n) is 4.57. The number of hydrazone groups is 1. The molecular weight excluding hydrogens is 124 g/mol. The fraction of sp³-hybridized carbons (Fsp3) is 0.667. The predicted octanol–water partition coefficient (Wildman–Crippen LogP) is -1.26. The summed E-state index contributed by atoms with van der Waals surface area (Å²) in [7, 11) is 0. The first-order valence-electron chi connectivity index (χ1n) is 2.43. The fourth-order valence-corrected chi connectivity index (χ4v) is 0.530. The second-order valence-corrected chi connectivity index (χ2v) is 1.47. The van der Waals surface area contributed by atoms with E-state index in [2.05, 4.69) is 15.7 Å². The summed E-state index contributed by atoms with van der Waals surface area (Å²) >= 11 is 0. The molecule has 0 saturated carbocycles. The number of hydrogen-bond acceptors (Lipinski definition) is 2. The SMILES string of the molecule is O=[N+]([O-])/N=C1/[N]CCN1. The zero-order chi connectivity index (χ0) is 6.69. The van der Waals surface area contributed by atoms with Gasteiger partial charge in [-0.25, -0.2) is 15.4 Å². The van der Waals surface area contributed by atoms with Gasteiger partial charge in [0.15, 0.2) is 5.03 Å². The van der Waals surface area contributed by atoms with Crippen LogP contribution in [0.3, 0.4) is 0 Å². The van der Waals surface area contributed by atoms with Gasteiger partial charge in [0.1, 0.15) is 5.10 Å². The molecule has 0 amide bonds. The van der Waals surface area contributed by atoms with Gasteiger partial charge in [-0.05, 0) is 0 Å². The highest BCUT2D eigenvalue weighted by molar-refractivity contribution is 5.80. The van der Waals surface area contributed by atoms with Crippen LogP contribution in [0.15, 0.2) is 5.10 Å². The molecule has 0 atom stereocenters. The van der Waals surface area contributed by atoms with Gasteiger partial charge >= 0.3 is 0 Å². The summed E-state index contributed by atoms with van der Waals surface area (Å²) in [6, 6.07) is 0. The number of hydrogen-bond donors (Lipinski definition) is 1. The quantitative estimate of drug-likeness (QED) is 0.354. The van der Waals surface area contributed by atoms with Crippen molar-refractivity contribution in [3.05, 3.63) is 10.1 Å². The van der Waals surface area contributed by atoms with Crippen LogP contribution in [-0.4, -0.2) is 24.1 Å². The van der Waals surface area contributed by atoms with Gasteiger partial charge in [0, 0.05) is 6.54 Å². The van der Waals surface area contributed by atoms with E-state index < -0.39 is 5.03 Å². The Bertz CT molecular complexity index is 146. The molecule has 0 aromatic rings. The summed E-state index contributed by atoms with van der Waals surface area (Å²) in [5.74, 6) is 0.125. The Labute approximate surface area is 51.1 Å². The van der Waals surface area contributed by atoms with Crippen LogP contribution in [-0.2, 0) is 0 Å². The number of nitrogens with one attached hydrogen (secondary N) is 1. The van der Waals surface area contributed by atoms with E-state index in [9.17, 15) is 10.1 Å². The Morgan fingerprint density at radius 1 is 1.89 bits per heavy atom. The van der Waals surface area contributed by atoms with Crippen LogP contribution in [0.1, 0.15) is 0 Å². The summed E-state index contributed by atoms with van der Waals surface area (Å²) < 4.78 is 0. The highest BCUT2D eigenvalue weighted by Gasteiger charge is 2.10. The number of guanidine groups is 1. The summed E-state index contributed by atoms with van der Waals surface area (Å²) in [4.78, 5) is 9.67. The van der Waals surface area contributed by atoms with Gasteiger partial charge < -0.3 is 5.32 Å². The molecule has 6 nitrogen and oxygen atoms in total. The van der Waals surface area contributed by atoms with Crippen molar-refractivity contribution in [2.75, 3.05) is 13.1 Å². The number of rotatable bonds is 1. The Hall–Kier alpha value is -1.33. The van der Waals surface area contributed by atoms with Crippen LogP contribution in [0.2, 0.25) is 0 Å². The van der Waals surface area contributed by atoms with Crippen molar-refractivity contribution in [2.45, 2.75) is 0 Å². The fourth-order valence-electron chi connectivity index (χ4n) is 0.530. The standard InChI is InChI=1S/C3H5N4O2/c8-7(9)6-3-4-1-2-5-3/h1-2H2,(H,4,6). The van der Waals surface area contributed by atoms with Gasteiger partial charge in [0.05, 0.1) is 6.54 Å². The molecule has 0 unspecified atom stereocenters. The highest BCUT2D eigenvalue weighted by atomic mass is 16.7. The molecule has 0 aliphatic carbocycles. The van der Waals surface area contributed by atoms with Crippen LogP contribution in [0.5, 0.6) is 0 Å². The molecule has 1 N–H and O–H groups in total. The van der Waals surface area contributed by atoms with E-state index in [1.807, 2.05) is 0 Å². The molecule has 9 heavy (non-hydrogen) atoms. The maximum atomic E-state index is 9.67. The van der Waals surface area contributed by atoms with Gasteiger partial charge in [0.25, 0.3) is 5.96 Å². The molecule has 0 aromatic heterocycles. The predicted molar refractivity (Wildman–Crippen MR) is 29.4 cm³/mol. The minimum absolute atomic E-state index is 0.125. The summed E-state index contributed by atoms with van der Waals surface area (Å²) in [6.45, 7) is 1.22. The van der Waals surface area contributed by atoms with E-state index in [1.165, 1.54) is 0 Å². The first-order chi connectivity index (χ1) is 4.29. The number of nitro groups is 1. The molecule has 1 fully saturated rings. The van der Waals surface area contributed by atoms with E-state index >= 15 is 0 Å². The van der Waals surface area contributed by atoms with Gasteiger partial charge in [0.2, 0.25) is 0 Å². The van der Waals surface area contributed by atoms with E-state index in [-0.39, 0.29) is 5.96 Å². The lowest BCUT2D eigenvalue weighted by Gasteiger charge is -1.85. The van der Waals surface area contributed by atoms with Gasteiger partial charge in [-0.15, -0.1) is 0 Å². The van der Waals surface area contributed by atoms with Crippen molar-refractivity contribution >= 4 is 5.96 Å². The molecule has 1 aliphatic rings. The lowest BCUT2D eigenvalue weighted by atomic mass is 10.7. The third-order valence-corrected chi connectivity index (χ3v) is 0.833. The third kappa shape index (κ3) is 1.56. The molecule has 6 heteroatoms. The average molecular weight is 129 g/mol. The van der Waals surface area contributed by atoms with Crippen molar-refractivity contribution < 1.29 is 5.03 Å². The van der Waals surface area contributed by atoms with Crippen LogP contribution in [0, 0.1) is 10.1 Å². The van der Waals surface area contributed by atoms with E-state index in [0.29, 0.717) is 13.1 Å². The lowest BCUT2D eigenvalue weighted by molar-refractivity contribution is -0.485. The molecule has 1 rings (SSSR count). The minimum atomic E-state index is -0.767. The van der Waals surface area contributed by atoms with Crippen molar-refractivity contribution in [3.63, 3.8) is 0 Å².